The molecule has 0 atom stereocenters. The molecule has 1 aromatic rings. The zero-order valence-corrected chi connectivity index (χ0v) is 14.1. The van der Waals surface area contributed by atoms with E-state index in [2.05, 4.69) is 6.92 Å². The number of ether oxygens (including phenoxy) is 1. The molecular formula is C18H23NO5. The van der Waals surface area contributed by atoms with Crippen LogP contribution in [0.15, 0.2) is 29.8 Å². The first-order chi connectivity index (χ1) is 11.4. The maximum atomic E-state index is 11.5. The standard InChI is InChI=1S/C18H23NO5/c1-3-4-5-6-16(13-24-18(21)11-14(2)20)12-15-7-9-17(10-8-15)19(22)23/h7-10,12H,3-6,11,13H2,1-2H3/b16-12+. The predicted molar refractivity (Wildman–Crippen MR) is 91.5 cm³/mol. The molecule has 0 aliphatic rings. The van der Waals surface area contributed by atoms with Gasteiger partial charge in [-0.3, -0.25) is 19.7 Å². The van der Waals surface area contributed by atoms with E-state index in [1.54, 1.807) is 12.1 Å². The monoisotopic (exact) mass is 333 g/mol. The van der Waals surface area contributed by atoms with Crippen LogP contribution in [0.25, 0.3) is 6.08 Å². The first-order valence-electron chi connectivity index (χ1n) is 8.01. The smallest absolute Gasteiger partial charge is 0.313 e. The van der Waals surface area contributed by atoms with Crippen LogP contribution in [0, 0.1) is 10.1 Å². The van der Waals surface area contributed by atoms with Crippen LogP contribution < -0.4 is 0 Å². The minimum atomic E-state index is -0.535. The highest BCUT2D eigenvalue weighted by atomic mass is 16.6. The van der Waals surface area contributed by atoms with Crippen molar-refractivity contribution in [2.75, 3.05) is 6.61 Å². The second-order valence-electron chi connectivity index (χ2n) is 5.65. The Balaban J connectivity index is 2.77. The number of nitro benzene ring substituents is 1. The first kappa shape index (κ1) is 19.5. The Morgan fingerprint density at radius 2 is 1.88 bits per heavy atom. The maximum Gasteiger partial charge on any atom is 0.313 e. The van der Waals surface area contributed by atoms with E-state index in [0.29, 0.717) is 0 Å². The summed E-state index contributed by atoms with van der Waals surface area (Å²) in [5.41, 5.74) is 1.77. The van der Waals surface area contributed by atoms with Crippen molar-refractivity contribution in [2.45, 2.75) is 46.0 Å². The quantitative estimate of drug-likeness (QED) is 0.212. The predicted octanol–water partition coefficient (Wildman–Crippen LogP) is 4.08. The number of Topliss-reactive ketones (excluding diaryl/α,β-unsaturated/α-hetero) is 1. The number of benzene rings is 1. The van der Waals surface area contributed by atoms with E-state index in [1.165, 1.54) is 19.1 Å². The van der Waals surface area contributed by atoms with Gasteiger partial charge in [-0.15, -0.1) is 0 Å². The lowest BCUT2D eigenvalue weighted by atomic mass is 10.0. The summed E-state index contributed by atoms with van der Waals surface area (Å²) in [6.07, 6.45) is 5.55. The van der Waals surface area contributed by atoms with Crippen LogP contribution in [-0.4, -0.2) is 23.3 Å². The number of carbonyl (C=O) groups is 2. The Morgan fingerprint density at radius 1 is 1.21 bits per heavy atom. The SMILES string of the molecule is CCCCC/C(=C\c1ccc([N+](=O)[O-])cc1)COC(=O)CC(C)=O. The average molecular weight is 333 g/mol. The fraction of sp³-hybridized carbons (Fsp3) is 0.444. The third-order valence-corrected chi connectivity index (χ3v) is 3.39. The molecule has 0 aromatic heterocycles. The van der Waals surface area contributed by atoms with Crippen LogP contribution in [0.3, 0.4) is 0 Å². The largest absolute Gasteiger partial charge is 0.461 e. The molecule has 0 N–H and O–H groups in total. The van der Waals surface area contributed by atoms with Crippen molar-refractivity contribution < 1.29 is 19.2 Å². The van der Waals surface area contributed by atoms with Crippen LogP contribution >= 0.6 is 0 Å². The first-order valence-corrected chi connectivity index (χ1v) is 8.01. The fourth-order valence-corrected chi connectivity index (χ4v) is 2.14. The van der Waals surface area contributed by atoms with Crippen LogP contribution in [0.1, 0.15) is 51.5 Å². The Labute approximate surface area is 141 Å². The minimum absolute atomic E-state index is 0.0348. The van der Waals surface area contributed by atoms with Gasteiger partial charge < -0.3 is 4.74 Å². The molecule has 1 rings (SSSR count). The van der Waals surface area contributed by atoms with Crippen LogP contribution in [-0.2, 0) is 14.3 Å². The summed E-state index contributed by atoms with van der Waals surface area (Å²) < 4.78 is 5.14. The molecule has 6 heteroatoms. The lowest BCUT2D eigenvalue weighted by molar-refractivity contribution is -0.384. The van der Waals surface area contributed by atoms with E-state index in [4.69, 9.17) is 4.74 Å². The van der Waals surface area contributed by atoms with Crippen LogP contribution in [0.5, 0.6) is 0 Å². The van der Waals surface area contributed by atoms with Gasteiger partial charge in [0.15, 0.2) is 0 Å². The van der Waals surface area contributed by atoms with Gasteiger partial charge in [0.05, 0.1) is 4.92 Å². The van der Waals surface area contributed by atoms with Crippen molar-refractivity contribution in [2.24, 2.45) is 0 Å². The number of hydrogen-bond acceptors (Lipinski definition) is 5. The summed E-state index contributed by atoms with van der Waals surface area (Å²) in [7, 11) is 0. The number of unbranched alkanes of at least 4 members (excludes halogenated alkanes) is 2. The van der Waals surface area contributed by atoms with Gasteiger partial charge in [-0.25, -0.2) is 0 Å². The maximum absolute atomic E-state index is 11.5. The number of hydrogen-bond donors (Lipinski definition) is 0. The topological polar surface area (TPSA) is 86.5 Å². The molecule has 1 aromatic carbocycles. The molecule has 0 heterocycles. The van der Waals surface area contributed by atoms with Crippen LogP contribution in [0.2, 0.25) is 0 Å². The summed E-state index contributed by atoms with van der Waals surface area (Å²) in [5, 5.41) is 10.7. The van der Waals surface area contributed by atoms with Crippen molar-refractivity contribution in [1.29, 1.82) is 0 Å². The minimum Gasteiger partial charge on any atom is -0.461 e. The Hall–Kier alpha value is -2.50. The number of ketones is 1. The van der Waals surface area contributed by atoms with E-state index < -0.39 is 10.9 Å². The van der Waals surface area contributed by atoms with Crippen molar-refractivity contribution in [3.63, 3.8) is 0 Å². The summed E-state index contributed by atoms with van der Waals surface area (Å²) in [4.78, 5) is 32.7. The Morgan fingerprint density at radius 3 is 2.42 bits per heavy atom. The van der Waals surface area contributed by atoms with Gasteiger partial charge >= 0.3 is 5.97 Å². The molecule has 130 valence electrons. The molecule has 0 amide bonds. The number of non-ortho nitro benzene ring substituents is 1. The molecular weight excluding hydrogens is 310 g/mol. The second kappa shape index (κ2) is 10.3. The summed E-state index contributed by atoms with van der Waals surface area (Å²) in [5.74, 6) is -0.764. The molecule has 0 fully saturated rings. The summed E-state index contributed by atoms with van der Waals surface area (Å²) in [6, 6.07) is 6.21. The number of nitrogens with zero attached hydrogens (tertiary/aromatic N) is 1. The number of nitro groups is 1. The Bertz CT molecular complexity index is 604. The van der Waals surface area contributed by atoms with Gasteiger partial charge in [0, 0.05) is 12.1 Å². The van der Waals surface area contributed by atoms with Gasteiger partial charge in [0.25, 0.3) is 5.69 Å². The average Bonchev–Trinajstić information content (AvgIpc) is 2.52. The zero-order chi connectivity index (χ0) is 17.9. The lowest BCUT2D eigenvalue weighted by Gasteiger charge is -2.09. The van der Waals surface area contributed by atoms with E-state index in [1.807, 2.05) is 6.08 Å². The van der Waals surface area contributed by atoms with Crippen molar-refractivity contribution in [3.05, 3.63) is 45.5 Å². The van der Waals surface area contributed by atoms with Gasteiger partial charge in [0.1, 0.15) is 18.8 Å². The highest BCUT2D eigenvalue weighted by Crippen LogP contribution is 2.17. The number of esters is 1. The van der Waals surface area contributed by atoms with Gasteiger partial charge in [-0.05, 0) is 43.0 Å². The molecule has 0 saturated carbocycles. The molecule has 0 spiro atoms. The van der Waals surface area contributed by atoms with Crippen molar-refractivity contribution in [3.8, 4) is 0 Å². The normalized spacial score (nSPS) is 11.2. The fourth-order valence-electron chi connectivity index (χ4n) is 2.14. The van der Waals surface area contributed by atoms with Gasteiger partial charge in [-0.2, -0.15) is 0 Å². The molecule has 0 saturated heterocycles. The highest BCUT2D eigenvalue weighted by Gasteiger charge is 2.09. The zero-order valence-electron chi connectivity index (χ0n) is 14.1. The van der Waals surface area contributed by atoms with E-state index in [9.17, 15) is 19.7 Å². The summed E-state index contributed by atoms with van der Waals surface area (Å²) >= 11 is 0. The third kappa shape index (κ3) is 7.67. The van der Waals surface area contributed by atoms with E-state index in [0.717, 1.165) is 36.8 Å². The molecule has 6 nitrogen and oxygen atoms in total. The molecule has 0 radical (unpaired) electrons. The van der Waals surface area contributed by atoms with E-state index >= 15 is 0 Å². The molecule has 0 unspecified atom stereocenters. The highest BCUT2D eigenvalue weighted by molar-refractivity contribution is 5.94. The van der Waals surface area contributed by atoms with Crippen molar-refractivity contribution in [1.82, 2.24) is 0 Å². The number of carbonyl (C=O) groups excluding carboxylic acids is 2. The third-order valence-electron chi connectivity index (χ3n) is 3.39. The second-order valence-corrected chi connectivity index (χ2v) is 5.65. The molecule has 0 bridgehead atoms. The van der Waals surface area contributed by atoms with Gasteiger partial charge in [0.2, 0.25) is 0 Å². The van der Waals surface area contributed by atoms with Crippen molar-refractivity contribution >= 4 is 23.5 Å². The molecule has 0 aliphatic carbocycles. The molecule has 24 heavy (non-hydrogen) atoms. The Kier molecular flexibility index (Phi) is 8.39. The lowest BCUT2D eigenvalue weighted by Crippen LogP contribution is -2.11. The molecule has 0 aliphatic heterocycles. The van der Waals surface area contributed by atoms with E-state index in [-0.39, 0.29) is 24.5 Å². The number of rotatable bonds is 10. The van der Waals surface area contributed by atoms with Gasteiger partial charge in [-0.1, -0.05) is 25.8 Å². The summed E-state index contributed by atoms with van der Waals surface area (Å²) in [6.45, 7) is 3.58. The van der Waals surface area contributed by atoms with Crippen LogP contribution in [0.4, 0.5) is 5.69 Å².